The predicted molar refractivity (Wildman–Crippen MR) is 136 cm³/mol. The Labute approximate surface area is 203 Å². The molecule has 0 atom stereocenters. The van der Waals surface area contributed by atoms with Crippen molar-refractivity contribution in [1.29, 1.82) is 0 Å². The van der Waals surface area contributed by atoms with Gasteiger partial charge in [0.1, 0.15) is 11.3 Å². The SMILES string of the molecule is CCOc1cccc2sc(N(Cc3ccccc3)C(=O)c3cc4cc([N+](=O)[O-])ccc4s3)nc12. The molecule has 5 rings (SSSR count). The highest BCUT2D eigenvalue weighted by molar-refractivity contribution is 7.23. The summed E-state index contributed by atoms with van der Waals surface area (Å²) in [5.74, 6) is 0.480. The second-order valence-corrected chi connectivity index (χ2v) is 9.59. The number of aromatic nitrogens is 1. The van der Waals surface area contributed by atoms with Gasteiger partial charge in [-0.1, -0.05) is 47.7 Å². The Balaban J connectivity index is 1.58. The Kier molecular flexibility index (Phi) is 5.95. The van der Waals surface area contributed by atoms with Gasteiger partial charge < -0.3 is 4.74 Å². The molecule has 9 heteroatoms. The number of thiazole rings is 1. The summed E-state index contributed by atoms with van der Waals surface area (Å²) in [5.41, 5.74) is 1.69. The molecule has 0 unspecified atom stereocenters. The van der Waals surface area contributed by atoms with Crippen molar-refractivity contribution in [3.05, 3.63) is 93.4 Å². The lowest BCUT2D eigenvalue weighted by Crippen LogP contribution is -2.29. The number of nitrogens with zero attached hydrogens (tertiary/aromatic N) is 3. The third kappa shape index (κ3) is 4.23. The number of fused-ring (bicyclic) bond motifs is 2. The van der Waals surface area contributed by atoms with Gasteiger partial charge in [-0.2, -0.15) is 0 Å². The second kappa shape index (κ2) is 9.20. The Morgan fingerprint density at radius 3 is 2.62 bits per heavy atom. The first kappa shape index (κ1) is 22.0. The van der Waals surface area contributed by atoms with Crippen LogP contribution in [0.2, 0.25) is 0 Å². The van der Waals surface area contributed by atoms with E-state index in [1.54, 1.807) is 17.0 Å². The maximum absolute atomic E-state index is 13.8. The monoisotopic (exact) mass is 489 g/mol. The zero-order chi connectivity index (χ0) is 23.7. The number of rotatable bonds is 7. The Hall–Kier alpha value is -3.82. The van der Waals surface area contributed by atoms with Crippen LogP contribution in [-0.2, 0) is 6.54 Å². The standard InChI is InChI=1S/C25H19N3O4S2/c1-2-32-19-9-6-10-21-23(19)26-25(34-21)27(15-16-7-4-3-5-8-16)24(29)22-14-17-13-18(28(30)31)11-12-20(17)33-22/h3-14H,2,15H2,1H3. The van der Waals surface area contributed by atoms with Crippen molar-refractivity contribution < 1.29 is 14.5 Å². The molecule has 0 aliphatic heterocycles. The number of para-hydroxylation sites is 1. The van der Waals surface area contributed by atoms with Gasteiger partial charge in [-0.3, -0.25) is 19.8 Å². The van der Waals surface area contributed by atoms with Crippen LogP contribution in [0.3, 0.4) is 0 Å². The molecular weight excluding hydrogens is 470 g/mol. The second-order valence-electron chi connectivity index (χ2n) is 7.50. The molecule has 0 N–H and O–H groups in total. The van der Waals surface area contributed by atoms with Crippen molar-refractivity contribution in [3.63, 3.8) is 0 Å². The van der Waals surface area contributed by atoms with Crippen molar-refractivity contribution in [2.75, 3.05) is 11.5 Å². The van der Waals surface area contributed by atoms with Gasteiger partial charge in [0.2, 0.25) is 0 Å². The van der Waals surface area contributed by atoms with Crippen molar-refractivity contribution >= 4 is 59.7 Å². The average Bonchev–Trinajstić information content (AvgIpc) is 3.47. The summed E-state index contributed by atoms with van der Waals surface area (Å²) in [4.78, 5) is 31.4. The van der Waals surface area contributed by atoms with E-state index >= 15 is 0 Å². The first-order chi connectivity index (χ1) is 16.5. The smallest absolute Gasteiger partial charge is 0.270 e. The van der Waals surface area contributed by atoms with Crippen LogP contribution >= 0.6 is 22.7 Å². The zero-order valence-electron chi connectivity index (χ0n) is 18.1. The highest BCUT2D eigenvalue weighted by atomic mass is 32.1. The van der Waals surface area contributed by atoms with Gasteiger partial charge in [0.15, 0.2) is 5.13 Å². The summed E-state index contributed by atoms with van der Waals surface area (Å²) in [6, 6.07) is 21.8. The third-order valence-corrected chi connectivity index (χ3v) is 7.40. The number of carbonyl (C=O) groups is 1. The quantitative estimate of drug-likeness (QED) is 0.188. The molecule has 34 heavy (non-hydrogen) atoms. The first-order valence-corrected chi connectivity index (χ1v) is 12.2. The molecule has 2 heterocycles. The molecule has 7 nitrogen and oxygen atoms in total. The Morgan fingerprint density at radius 2 is 1.85 bits per heavy atom. The number of nitro benzene ring substituents is 1. The van der Waals surface area contributed by atoms with Crippen LogP contribution in [0.5, 0.6) is 5.75 Å². The fourth-order valence-electron chi connectivity index (χ4n) is 3.67. The molecule has 2 aromatic heterocycles. The molecule has 0 fully saturated rings. The number of amides is 1. The van der Waals surface area contributed by atoms with E-state index < -0.39 is 4.92 Å². The van der Waals surface area contributed by atoms with E-state index in [-0.39, 0.29) is 11.6 Å². The third-order valence-electron chi connectivity index (χ3n) is 5.25. The summed E-state index contributed by atoms with van der Waals surface area (Å²) >= 11 is 2.75. The average molecular weight is 490 g/mol. The van der Waals surface area contributed by atoms with Crippen LogP contribution in [-0.4, -0.2) is 22.4 Å². The molecule has 0 saturated heterocycles. The van der Waals surface area contributed by atoms with Crippen LogP contribution in [0.15, 0.2) is 72.8 Å². The molecule has 0 saturated carbocycles. The molecule has 0 radical (unpaired) electrons. The summed E-state index contributed by atoms with van der Waals surface area (Å²) in [7, 11) is 0. The maximum Gasteiger partial charge on any atom is 0.270 e. The molecule has 0 bridgehead atoms. The number of anilines is 1. The van der Waals surface area contributed by atoms with Crippen LogP contribution in [0.1, 0.15) is 22.2 Å². The fourth-order valence-corrected chi connectivity index (χ4v) is 5.65. The number of carbonyl (C=O) groups excluding carboxylic acids is 1. The highest BCUT2D eigenvalue weighted by Gasteiger charge is 2.24. The molecule has 170 valence electrons. The van der Waals surface area contributed by atoms with E-state index in [4.69, 9.17) is 9.72 Å². The zero-order valence-corrected chi connectivity index (χ0v) is 19.8. The van der Waals surface area contributed by atoms with Gasteiger partial charge in [0, 0.05) is 22.2 Å². The van der Waals surface area contributed by atoms with Gasteiger partial charge in [-0.25, -0.2) is 4.98 Å². The topological polar surface area (TPSA) is 85.6 Å². The van der Waals surface area contributed by atoms with Crippen molar-refractivity contribution in [3.8, 4) is 5.75 Å². The molecule has 0 spiro atoms. The largest absolute Gasteiger partial charge is 0.492 e. The van der Waals surface area contributed by atoms with Crippen molar-refractivity contribution in [1.82, 2.24) is 4.98 Å². The van der Waals surface area contributed by atoms with Gasteiger partial charge in [-0.15, -0.1) is 11.3 Å². The molecular formula is C25H19N3O4S2. The predicted octanol–water partition coefficient (Wildman–Crippen LogP) is 6.66. The molecule has 0 aliphatic rings. The number of ether oxygens (including phenoxy) is 1. The van der Waals surface area contributed by atoms with E-state index in [1.165, 1.54) is 34.8 Å². The molecule has 5 aromatic rings. The normalized spacial score (nSPS) is 11.1. The number of benzene rings is 3. The number of hydrogen-bond donors (Lipinski definition) is 0. The van der Waals surface area contributed by atoms with E-state index in [0.29, 0.717) is 34.3 Å². The Bertz CT molecular complexity index is 1510. The van der Waals surface area contributed by atoms with Gasteiger partial charge in [0.25, 0.3) is 11.6 Å². The summed E-state index contributed by atoms with van der Waals surface area (Å²) in [6.07, 6.45) is 0. The van der Waals surface area contributed by atoms with Crippen LogP contribution < -0.4 is 9.64 Å². The van der Waals surface area contributed by atoms with Crippen molar-refractivity contribution in [2.24, 2.45) is 0 Å². The summed E-state index contributed by atoms with van der Waals surface area (Å²) < 4.78 is 7.48. The van der Waals surface area contributed by atoms with Gasteiger partial charge in [-0.05, 0) is 36.8 Å². The minimum absolute atomic E-state index is 0.0000623. The van der Waals surface area contributed by atoms with Crippen LogP contribution in [0.25, 0.3) is 20.3 Å². The first-order valence-electron chi connectivity index (χ1n) is 10.6. The van der Waals surface area contributed by atoms with Crippen molar-refractivity contribution in [2.45, 2.75) is 13.5 Å². The van der Waals surface area contributed by atoms with Gasteiger partial charge in [0.05, 0.1) is 27.7 Å². The molecule has 3 aromatic carbocycles. The summed E-state index contributed by atoms with van der Waals surface area (Å²) in [6.45, 7) is 2.79. The lowest BCUT2D eigenvalue weighted by Gasteiger charge is -2.19. The number of non-ortho nitro benzene ring substituents is 1. The van der Waals surface area contributed by atoms with E-state index in [1.807, 2.05) is 55.5 Å². The molecule has 1 amide bonds. The van der Waals surface area contributed by atoms with Crippen LogP contribution in [0.4, 0.5) is 10.8 Å². The summed E-state index contributed by atoms with van der Waals surface area (Å²) in [5, 5.41) is 12.4. The van der Waals surface area contributed by atoms with E-state index in [0.717, 1.165) is 20.5 Å². The van der Waals surface area contributed by atoms with Crippen LogP contribution in [0, 0.1) is 10.1 Å². The minimum atomic E-state index is -0.433. The van der Waals surface area contributed by atoms with E-state index in [2.05, 4.69) is 0 Å². The van der Waals surface area contributed by atoms with E-state index in [9.17, 15) is 14.9 Å². The lowest BCUT2D eigenvalue weighted by molar-refractivity contribution is -0.384. The number of nitro groups is 1. The number of hydrogen-bond acceptors (Lipinski definition) is 7. The minimum Gasteiger partial charge on any atom is -0.492 e. The fraction of sp³-hybridized carbons (Fsp3) is 0.120. The molecule has 0 aliphatic carbocycles. The maximum atomic E-state index is 13.8. The lowest BCUT2D eigenvalue weighted by atomic mass is 10.2. The Morgan fingerprint density at radius 1 is 1.03 bits per heavy atom. The highest BCUT2D eigenvalue weighted by Crippen LogP contribution is 2.37. The van der Waals surface area contributed by atoms with Gasteiger partial charge >= 0.3 is 0 Å². The number of thiophene rings is 1.